The van der Waals surface area contributed by atoms with E-state index in [1.54, 1.807) is 12.1 Å². The zero-order valence-corrected chi connectivity index (χ0v) is 19.1. The predicted octanol–water partition coefficient (Wildman–Crippen LogP) is 5.47. The molecular weight excluding hydrogens is 475 g/mol. The molecule has 0 radical (unpaired) electrons. The number of nitrogens with one attached hydrogen (secondary N) is 1. The number of benzene rings is 3. The van der Waals surface area contributed by atoms with Crippen LogP contribution in [0.4, 0.5) is 15.8 Å². The smallest absolute Gasteiger partial charge is 0.283 e. The Morgan fingerprint density at radius 3 is 2.59 bits per heavy atom. The Bertz CT molecular complexity index is 1350. The summed E-state index contributed by atoms with van der Waals surface area (Å²) in [6.07, 6.45) is 1.65. The molecule has 1 N–H and O–H groups in total. The Morgan fingerprint density at radius 2 is 1.88 bits per heavy atom. The van der Waals surface area contributed by atoms with Crippen LogP contribution in [0.15, 0.2) is 83.5 Å². The zero-order chi connectivity index (χ0) is 24.1. The van der Waals surface area contributed by atoms with Crippen molar-refractivity contribution in [2.75, 3.05) is 16.0 Å². The lowest BCUT2D eigenvalue weighted by atomic mass is 10.2. The van der Waals surface area contributed by atoms with Crippen LogP contribution in [-0.2, 0) is 9.59 Å². The number of nitrogens with zero attached hydrogens (tertiary/aromatic N) is 3. The summed E-state index contributed by atoms with van der Waals surface area (Å²) in [4.78, 5) is 31.5. The largest absolute Gasteiger partial charge is 0.324 e. The molecule has 0 saturated heterocycles. The second-order valence-corrected chi connectivity index (χ2v) is 8.47. The molecule has 6 nitrogen and oxygen atoms in total. The summed E-state index contributed by atoms with van der Waals surface area (Å²) < 4.78 is 13.4. The van der Waals surface area contributed by atoms with Crippen LogP contribution in [0.25, 0.3) is 6.08 Å². The van der Waals surface area contributed by atoms with Gasteiger partial charge in [-0.1, -0.05) is 53.7 Å². The van der Waals surface area contributed by atoms with E-state index in [0.717, 1.165) is 17.3 Å². The summed E-state index contributed by atoms with van der Waals surface area (Å²) in [7, 11) is 0. The number of amidine groups is 1. The average Bonchev–Trinajstić information content (AvgIpc) is 3.14. The Kier molecular flexibility index (Phi) is 7.07. The molecule has 0 unspecified atom stereocenters. The lowest BCUT2D eigenvalue weighted by Crippen LogP contribution is -2.31. The molecule has 168 valence electrons. The fourth-order valence-corrected chi connectivity index (χ4v) is 4.14. The third-order valence-electron chi connectivity index (χ3n) is 4.73. The quantitative estimate of drug-likeness (QED) is 0.481. The molecule has 4 rings (SSSR count). The number of anilines is 2. The maximum Gasteiger partial charge on any atom is 0.283 e. The zero-order valence-electron chi connectivity index (χ0n) is 17.5. The van der Waals surface area contributed by atoms with Crippen LogP contribution < -0.4 is 10.2 Å². The highest BCUT2D eigenvalue weighted by Gasteiger charge is 2.32. The van der Waals surface area contributed by atoms with E-state index in [4.69, 9.17) is 11.6 Å². The summed E-state index contributed by atoms with van der Waals surface area (Å²) in [5.74, 6) is -1.31. The fourth-order valence-electron chi connectivity index (χ4n) is 3.15. The minimum absolute atomic E-state index is 0.0835. The summed E-state index contributed by atoms with van der Waals surface area (Å²) in [5, 5.41) is 12.6. The van der Waals surface area contributed by atoms with Crippen molar-refractivity contribution >= 4 is 57.8 Å². The standard InChI is InChI=1S/C25H16ClFN4O2S/c26-18-7-6-17(14-28)21(13-18)29-23(32)15-34-25-30-22(12-16-4-2-1-3-5-16)24(33)31(25)20-10-8-19(27)9-11-20/h1-13H,15H2,(H,29,32). The lowest BCUT2D eigenvalue weighted by molar-refractivity contribution is -0.114. The van der Waals surface area contributed by atoms with Crippen LogP contribution in [0, 0.1) is 17.1 Å². The van der Waals surface area contributed by atoms with Crippen molar-refractivity contribution in [1.82, 2.24) is 0 Å². The number of hydrogen-bond acceptors (Lipinski definition) is 5. The van der Waals surface area contributed by atoms with Crippen LogP contribution in [0.1, 0.15) is 11.1 Å². The maximum absolute atomic E-state index is 13.4. The number of nitriles is 1. The van der Waals surface area contributed by atoms with Crippen molar-refractivity contribution in [2.24, 2.45) is 4.99 Å². The summed E-state index contributed by atoms with van der Waals surface area (Å²) in [6, 6.07) is 21.2. The van der Waals surface area contributed by atoms with Crippen molar-refractivity contribution in [1.29, 1.82) is 5.26 Å². The summed E-state index contributed by atoms with van der Waals surface area (Å²) >= 11 is 7.02. The molecule has 0 aromatic heterocycles. The number of rotatable bonds is 5. The van der Waals surface area contributed by atoms with E-state index in [-0.39, 0.29) is 28.1 Å². The first-order valence-electron chi connectivity index (χ1n) is 10.0. The van der Waals surface area contributed by atoms with E-state index in [1.807, 2.05) is 36.4 Å². The molecule has 3 aromatic carbocycles. The van der Waals surface area contributed by atoms with Gasteiger partial charge in [-0.3, -0.25) is 14.5 Å². The maximum atomic E-state index is 13.4. The van der Waals surface area contributed by atoms with Gasteiger partial charge < -0.3 is 5.32 Å². The summed E-state index contributed by atoms with van der Waals surface area (Å²) in [5.41, 5.74) is 1.99. The van der Waals surface area contributed by atoms with Crippen molar-refractivity contribution < 1.29 is 14.0 Å². The molecule has 0 spiro atoms. The molecule has 34 heavy (non-hydrogen) atoms. The number of carbonyl (C=O) groups excluding carboxylic acids is 2. The van der Waals surface area contributed by atoms with E-state index >= 15 is 0 Å². The summed E-state index contributed by atoms with van der Waals surface area (Å²) in [6.45, 7) is 0. The molecular formula is C25H16ClFN4O2S. The van der Waals surface area contributed by atoms with Gasteiger partial charge in [0.2, 0.25) is 5.91 Å². The lowest BCUT2D eigenvalue weighted by Gasteiger charge is -2.17. The monoisotopic (exact) mass is 490 g/mol. The van der Waals surface area contributed by atoms with Crippen LogP contribution in [0.5, 0.6) is 0 Å². The third kappa shape index (κ3) is 5.34. The third-order valence-corrected chi connectivity index (χ3v) is 5.90. The molecule has 1 aliphatic heterocycles. The first-order chi connectivity index (χ1) is 16.4. The molecule has 3 aromatic rings. The van der Waals surface area contributed by atoms with Gasteiger partial charge >= 0.3 is 0 Å². The molecule has 0 saturated carbocycles. The topological polar surface area (TPSA) is 85.6 Å². The fraction of sp³-hybridized carbons (Fsp3) is 0.0400. The van der Waals surface area contributed by atoms with Gasteiger partial charge in [0.15, 0.2) is 5.17 Å². The van der Waals surface area contributed by atoms with Gasteiger partial charge in [0.1, 0.15) is 17.6 Å². The Labute approximate surface area is 204 Å². The highest BCUT2D eigenvalue weighted by atomic mass is 35.5. The van der Waals surface area contributed by atoms with Gasteiger partial charge in [0, 0.05) is 5.02 Å². The molecule has 2 amide bonds. The number of carbonyl (C=O) groups is 2. The van der Waals surface area contributed by atoms with E-state index < -0.39 is 11.7 Å². The molecule has 0 bridgehead atoms. The van der Waals surface area contributed by atoms with Gasteiger partial charge in [0.25, 0.3) is 5.91 Å². The highest BCUT2D eigenvalue weighted by Crippen LogP contribution is 2.30. The minimum atomic E-state index is -0.434. The van der Waals surface area contributed by atoms with Crippen molar-refractivity contribution in [2.45, 2.75) is 0 Å². The van der Waals surface area contributed by atoms with E-state index in [0.29, 0.717) is 16.4 Å². The van der Waals surface area contributed by atoms with Crippen molar-refractivity contribution in [3.8, 4) is 6.07 Å². The van der Waals surface area contributed by atoms with Gasteiger partial charge in [-0.2, -0.15) is 5.26 Å². The van der Waals surface area contributed by atoms with Gasteiger partial charge in [-0.25, -0.2) is 9.38 Å². The van der Waals surface area contributed by atoms with Crippen LogP contribution in [0.2, 0.25) is 5.02 Å². The Morgan fingerprint density at radius 1 is 1.15 bits per heavy atom. The highest BCUT2D eigenvalue weighted by molar-refractivity contribution is 8.14. The van der Waals surface area contributed by atoms with Gasteiger partial charge in [-0.05, 0) is 54.1 Å². The second-order valence-electron chi connectivity index (χ2n) is 7.09. The predicted molar refractivity (Wildman–Crippen MR) is 133 cm³/mol. The van der Waals surface area contributed by atoms with E-state index in [1.165, 1.54) is 41.3 Å². The molecule has 0 atom stereocenters. The molecule has 1 aliphatic rings. The van der Waals surface area contributed by atoms with Crippen LogP contribution in [-0.4, -0.2) is 22.7 Å². The molecule has 9 heteroatoms. The molecule has 0 aliphatic carbocycles. The normalized spacial score (nSPS) is 14.1. The number of halogens is 2. The van der Waals surface area contributed by atoms with E-state index in [2.05, 4.69) is 10.3 Å². The average molecular weight is 491 g/mol. The van der Waals surface area contributed by atoms with Gasteiger partial charge in [0.05, 0.1) is 22.7 Å². The first kappa shape index (κ1) is 23.2. The number of hydrogen-bond donors (Lipinski definition) is 1. The van der Waals surface area contributed by atoms with Crippen molar-refractivity contribution in [3.05, 3.63) is 100 Å². The number of thioether (sulfide) groups is 1. The van der Waals surface area contributed by atoms with E-state index in [9.17, 15) is 19.2 Å². The Hall–Kier alpha value is -3.93. The van der Waals surface area contributed by atoms with Gasteiger partial charge in [-0.15, -0.1) is 0 Å². The Balaban J connectivity index is 1.57. The number of amides is 2. The molecule has 0 fully saturated rings. The first-order valence-corrected chi connectivity index (χ1v) is 11.4. The number of aliphatic imine (C=N–C) groups is 1. The van der Waals surface area contributed by atoms with Crippen LogP contribution >= 0.6 is 23.4 Å². The SMILES string of the molecule is N#Cc1ccc(Cl)cc1NC(=O)CSC1=NC(=Cc2ccccc2)C(=O)N1c1ccc(F)cc1. The van der Waals surface area contributed by atoms with Crippen LogP contribution in [0.3, 0.4) is 0 Å². The molecule has 1 heterocycles. The minimum Gasteiger partial charge on any atom is -0.324 e. The van der Waals surface area contributed by atoms with Crippen molar-refractivity contribution in [3.63, 3.8) is 0 Å². The second kappa shape index (κ2) is 10.3.